The molecule has 0 radical (unpaired) electrons. The van der Waals surface area contributed by atoms with Crippen LogP contribution in [0.15, 0.2) is 66.9 Å². The maximum atomic E-state index is 5.51. The molecular formula is C32H31N7O3. The van der Waals surface area contributed by atoms with E-state index < -0.39 is 0 Å². The third-order valence-electron chi connectivity index (χ3n) is 6.37. The molecule has 10 nitrogen and oxygen atoms in total. The molecule has 3 aromatic heterocycles. The van der Waals surface area contributed by atoms with Crippen LogP contribution in [0.4, 0.5) is 5.95 Å². The van der Waals surface area contributed by atoms with Gasteiger partial charge in [0.2, 0.25) is 5.95 Å². The summed E-state index contributed by atoms with van der Waals surface area (Å²) in [6.07, 6.45) is 2.21. The van der Waals surface area contributed by atoms with Crippen LogP contribution in [0.3, 0.4) is 0 Å². The third-order valence-corrected chi connectivity index (χ3v) is 6.37. The first kappa shape index (κ1) is 28.1. The molecule has 0 aliphatic rings. The van der Waals surface area contributed by atoms with Gasteiger partial charge in [0.25, 0.3) is 0 Å². The fourth-order valence-electron chi connectivity index (χ4n) is 4.27. The Hall–Kier alpha value is -5.43. The van der Waals surface area contributed by atoms with Gasteiger partial charge in [-0.05, 0) is 78.8 Å². The number of benzene rings is 2. The summed E-state index contributed by atoms with van der Waals surface area (Å²) in [5.41, 5.74) is 4.35. The normalized spacial score (nSPS) is 10.5. The first-order valence-electron chi connectivity index (χ1n) is 13.3. The number of aromatic nitrogens is 6. The van der Waals surface area contributed by atoms with Crippen LogP contribution in [0.1, 0.15) is 39.7 Å². The minimum Gasteiger partial charge on any atom is -0.497 e. The van der Waals surface area contributed by atoms with Crippen LogP contribution in [0.25, 0.3) is 5.82 Å². The molecular weight excluding hydrogens is 530 g/mol. The molecule has 0 aliphatic carbocycles. The van der Waals surface area contributed by atoms with Crippen molar-refractivity contribution in [3.05, 3.63) is 107 Å². The topological polar surface area (TPSA) is 109 Å². The molecule has 5 aromatic rings. The number of pyridine rings is 1. The minimum absolute atomic E-state index is 0.467. The second-order valence-electron chi connectivity index (χ2n) is 9.46. The van der Waals surface area contributed by atoms with E-state index in [1.165, 1.54) is 0 Å². The fraction of sp³-hybridized carbons (Fsp3) is 0.219. The number of methoxy groups -OCH3 is 3. The zero-order chi connectivity index (χ0) is 29.5. The van der Waals surface area contributed by atoms with Crippen molar-refractivity contribution in [1.82, 2.24) is 29.7 Å². The van der Waals surface area contributed by atoms with Gasteiger partial charge in [-0.3, -0.25) is 0 Å². The zero-order valence-electron chi connectivity index (χ0n) is 24.2. The summed E-state index contributed by atoms with van der Waals surface area (Å²) < 4.78 is 17.9. The number of ether oxygens (including phenoxy) is 3. The Morgan fingerprint density at radius 2 is 1.52 bits per heavy atom. The Balaban J connectivity index is 1.49. The number of rotatable bonds is 9. The van der Waals surface area contributed by atoms with Crippen LogP contribution in [0.2, 0.25) is 0 Å². The predicted octanol–water partition coefficient (Wildman–Crippen LogP) is 4.70. The van der Waals surface area contributed by atoms with E-state index in [2.05, 4.69) is 32.1 Å². The lowest BCUT2D eigenvalue weighted by Crippen LogP contribution is -2.09. The number of nitrogens with one attached hydrogen (secondary N) is 1. The van der Waals surface area contributed by atoms with Gasteiger partial charge in [-0.25, -0.2) is 15.0 Å². The summed E-state index contributed by atoms with van der Waals surface area (Å²) in [4.78, 5) is 18.3. The minimum atomic E-state index is 0.467. The summed E-state index contributed by atoms with van der Waals surface area (Å²) in [6.45, 7) is 4.37. The lowest BCUT2D eigenvalue weighted by atomic mass is 10.1. The lowest BCUT2D eigenvalue weighted by Gasteiger charge is -2.10. The van der Waals surface area contributed by atoms with Crippen LogP contribution in [-0.4, -0.2) is 51.0 Å². The predicted molar refractivity (Wildman–Crippen MR) is 159 cm³/mol. The van der Waals surface area contributed by atoms with Gasteiger partial charge in [-0.15, -0.1) is 5.10 Å². The van der Waals surface area contributed by atoms with E-state index in [9.17, 15) is 0 Å². The smallest absolute Gasteiger partial charge is 0.243 e. The highest BCUT2D eigenvalue weighted by Crippen LogP contribution is 2.29. The molecule has 0 saturated carbocycles. The van der Waals surface area contributed by atoms with Gasteiger partial charge in [0, 0.05) is 25.2 Å². The van der Waals surface area contributed by atoms with Crippen molar-refractivity contribution in [2.45, 2.75) is 26.8 Å². The maximum Gasteiger partial charge on any atom is 0.243 e. The standard InChI is InChI=1S/C32H31N7O3/c1-21-14-15-33-25(16-21)9-10-26-19-31(36-22(2)35-26)39-30(18-24-8-13-28(41-4)29(17-24)42-5)37-32(38-39)34-20-23-6-11-27(40-3)12-7-23/h6-8,11-17,19H,18,20H2,1-5H3,(H,34,38). The highest BCUT2D eigenvalue weighted by Gasteiger charge is 2.16. The van der Waals surface area contributed by atoms with Gasteiger partial charge >= 0.3 is 0 Å². The third kappa shape index (κ3) is 6.82. The highest BCUT2D eigenvalue weighted by atomic mass is 16.5. The summed E-state index contributed by atoms with van der Waals surface area (Å²) in [7, 11) is 4.88. The van der Waals surface area contributed by atoms with E-state index in [-0.39, 0.29) is 0 Å². The molecule has 0 spiro atoms. The quantitative estimate of drug-likeness (QED) is 0.256. The molecule has 0 fully saturated rings. The van der Waals surface area contributed by atoms with Crippen LogP contribution in [0, 0.1) is 25.7 Å². The fourth-order valence-corrected chi connectivity index (χ4v) is 4.27. The molecule has 42 heavy (non-hydrogen) atoms. The Bertz CT molecular complexity index is 1750. The average Bonchev–Trinajstić information content (AvgIpc) is 3.41. The molecule has 0 unspecified atom stereocenters. The number of hydrogen-bond acceptors (Lipinski definition) is 9. The first-order chi connectivity index (χ1) is 20.4. The van der Waals surface area contributed by atoms with Crippen molar-refractivity contribution in [2.75, 3.05) is 26.6 Å². The van der Waals surface area contributed by atoms with Crippen LogP contribution in [-0.2, 0) is 13.0 Å². The van der Waals surface area contributed by atoms with Crippen molar-refractivity contribution in [3.63, 3.8) is 0 Å². The van der Waals surface area contributed by atoms with E-state index in [0.29, 0.717) is 59.3 Å². The van der Waals surface area contributed by atoms with E-state index in [4.69, 9.17) is 24.3 Å². The maximum absolute atomic E-state index is 5.51. The monoisotopic (exact) mass is 561 g/mol. The van der Waals surface area contributed by atoms with Crippen molar-refractivity contribution in [1.29, 1.82) is 0 Å². The molecule has 2 aromatic carbocycles. The van der Waals surface area contributed by atoms with Crippen molar-refractivity contribution in [2.24, 2.45) is 0 Å². The Labute approximate surface area is 244 Å². The molecule has 0 saturated heterocycles. The number of nitrogens with zero attached hydrogens (tertiary/aromatic N) is 6. The average molecular weight is 562 g/mol. The van der Waals surface area contributed by atoms with Crippen molar-refractivity contribution < 1.29 is 14.2 Å². The first-order valence-corrected chi connectivity index (χ1v) is 13.3. The molecule has 0 bridgehead atoms. The number of aryl methyl sites for hydroxylation is 2. The Morgan fingerprint density at radius 3 is 2.26 bits per heavy atom. The Kier molecular flexibility index (Phi) is 8.58. The zero-order valence-corrected chi connectivity index (χ0v) is 24.2. The molecule has 0 amide bonds. The number of hydrogen-bond donors (Lipinski definition) is 1. The summed E-state index contributed by atoms with van der Waals surface area (Å²) >= 11 is 0. The molecule has 1 N–H and O–H groups in total. The highest BCUT2D eigenvalue weighted by molar-refractivity contribution is 5.45. The number of anilines is 1. The SMILES string of the molecule is COc1ccc(CNc2nc(Cc3ccc(OC)c(OC)c3)n(-c3cc(C#Cc4cc(C)ccn4)nc(C)n3)n2)cc1. The largest absolute Gasteiger partial charge is 0.497 e. The second kappa shape index (κ2) is 12.8. The summed E-state index contributed by atoms with van der Waals surface area (Å²) in [6, 6.07) is 19.3. The van der Waals surface area contributed by atoms with Gasteiger partial charge in [0.05, 0.1) is 21.3 Å². The van der Waals surface area contributed by atoms with Crippen LogP contribution >= 0.6 is 0 Å². The van der Waals surface area contributed by atoms with Crippen molar-refractivity contribution >= 4 is 5.95 Å². The molecule has 5 rings (SSSR count). The summed E-state index contributed by atoms with van der Waals surface area (Å²) in [5.74, 6) is 10.6. The van der Waals surface area contributed by atoms with E-state index >= 15 is 0 Å². The lowest BCUT2D eigenvalue weighted by molar-refractivity contribution is 0.354. The molecule has 0 atom stereocenters. The van der Waals surface area contributed by atoms with Gasteiger partial charge in [-0.1, -0.05) is 18.2 Å². The van der Waals surface area contributed by atoms with Gasteiger partial charge < -0.3 is 19.5 Å². The van der Waals surface area contributed by atoms with Crippen LogP contribution in [0.5, 0.6) is 17.2 Å². The molecule has 0 aliphatic heterocycles. The van der Waals surface area contributed by atoms with E-state index in [1.807, 2.05) is 68.4 Å². The van der Waals surface area contributed by atoms with E-state index in [0.717, 1.165) is 22.4 Å². The van der Waals surface area contributed by atoms with Gasteiger partial charge in [0.1, 0.15) is 28.8 Å². The van der Waals surface area contributed by atoms with Gasteiger partial charge in [-0.2, -0.15) is 9.67 Å². The van der Waals surface area contributed by atoms with Crippen LogP contribution < -0.4 is 19.5 Å². The molecule has 10 heteroatoms. The molecule has 3 heterocycles. The molecule has 212 valence electrons. The summed E-state index contributed by atoms with van der Waals surface area (Å²) in [5, 5.41) is 8.11. The Morgan fingerprint density at radius 1 is 0.762 bits per heavy atom. The van der Waals surface area contributed by atoms with Gasteiger partial charge in [0.15, 0.2) is 17.3 Å². The van der Waals surface area contributed by atoms with E-state index in [1.54, 1.807) is 38.3 Å². The van der Waals surface area contributed by atoms with Crippen molar-refractivity contribution in [3.8, 4) is 34.9 Å². The second-order valence-corrected chi connectivity index (χ2v) is 9.46.